The van der Waals surface area contributed by atoms with E-state index in [0.29, 0.717) is 5.76 Å². The molecule has 1 saturated heterocycles. The van der Waals surface area contributed by atoms with Crippen molar-refractivity contribution in [2.45, 2.75) is 24.3 Å². The minimum Gasteiger partial charge on any atom is -0.467 e. The molecule has 0 radical (unpaired) electrons. The fourth-order valence-corrected chi connectivity index (χ4v) is 3.45. The molecular formula is C18H20FN5O4S. The number of carbonyl (C=O) groups excluding carboxylic acids is 3. The number of benzene rings is 1. The molecule has 0 spiro atoms. The van der Waals surface area contributed by atoms with E-state index >= 15 is 0 Å². The van der Waals surface area contributed by atoms with E-state index in [0.717, 1.165) is 23.9 Å². The van der Waals surface area contributed by atoms with Crippen LogP contribution in [0.2, 0.25) is 0 Å². The second-order valence-electron chi connectivity index (χ2n) is 6.21. The third-order valence-electron chi connectivity index (χ3n) is 4.07. The molecule has 1 aromatic carbocycles. The van der Waals surface area contributed by atoms with E-state index in [9.17, 15) is 18.8 Å². The summed E-state index contributed by atoms with van der Waals surface area (Å²) in [6.45, 7) is 0.272. The molecular weight excluding hydrogens is 401 g/mol. The van der Waals surface area contributed by atoms with Gasteiger partial charge < -0.3 is 26.1 Å². The minimum absolute atomic E-state index is 0.0813. The van der Waals surface area contributed by atoms with Gasteiger partial charge in [0.1, 0.15) is 23.1 Å². The van der Waals surface area contributed by atoms with Crippen molar-refractivity contribution in [3.63, 3.8) is 0 Å². The SMILES string of the molecule is NC1NC(SCC(=O)NCc2ccco2)NC(=O)C1NC(=O)c1ccc(F)cc1. The molecule has 0 aliphatic carbocycles. The first kappa shape index (κ1) is 20.8. The number of hydrogen-bond donors (Lipinski definition) is 5. The first-order valence-corrected chi connectivity index (χ1v) is 9.76. The van der Waals surface area contributed by atoms with Crippen LogP contribution in [-0.2, 0) is 16.1 Å². The predicted molar refractivity (Wildman–Crippen MR) is 104 cm³/mol. The Morgan fingerprint density at radius 3 is 2.66 bits per heavy atom. The Kier molecular flexibility index (Phi) is 6.86. The van der Waals surface area contributed by atoms with E-state index in [1.807, 2.05) is 0 Å². The van der Waals surface area contributed by atoms with Gasteiger partial charge in [-0.2, -0.15) is 0 Å². The van der Waals surface area contributed by atoms with Crippen molar-refractivity contribution in [2.75, 3.05) is 5.75 Å². The highest BCUT2D eigenvalue weighted by Crippen LogP contribution is 2.12. The first-order valence-electron chi connectivity index (χ1n) is 8.71. The molecule has 0 saturated carbocycles. The average Bonchev–Trinajstić information content (AvgIpc) is 3.21. The van der Waals surface area contributed by atoms with E-state index < -0.39 is 35.3 Å². The molecule has 3 atom stereocenters. The van der Waals surface area contributed by atoms with Gasteiger partial charge in [-0.25, -0.2) is 4.39 Å². The molecule has 1 aliphatic heterocycles. The Balaban J connectivity index is 1.45. The fourth-order valence-electron chi connectivity index (χ4n) is 2.57. The molecule has 154 valence electrons. The van der Waals surface area contributed by atoms with E-state index in [4.69, 9.17) is 10.2 Å². The number of amides is 3. The number of rotatable bonds is 7. The Labute approximate surface area is 170 Å². The summed E-state index contributed by atoms with van der Waals surface area (Å²) in [6.07, 6.45) is 0.654. The summed E-state index contributed by atoms with van der Waals surface area (Å²) in [5, 5.41) is 10.8. The van der Waals surface area contributed by atoms with Crippen LogP contribution in [0.25, 0.3) is 0 Å². The van der Waals surface area contributed by atoms with Crippen molar-refractivity contribution in [1.29, 1.82) is 0 Å². The summed E-state index contributed by atoms with van der Waals surface area (Å²) in [4.78, 5) is 36.5. The van der Waals surface area contributed by atoms with Crippen LogP contribution < -0.4 is 27.0 Å². The maximum Gasteiger partial charge on any atom is 0.252 e. The van der Waals surface area contributed by atoms with Gasteiger partial charge >= 0.3 is 0 Å². The zero-order valence-corrected chi connectivity index (χ0v) is 16.0. The first-order chi connectivity index (χ1) is 13.9. The van der Waals surface area contributed by atoms with Gasteiger partial charge in [0.15, 0.2) is 0 Å². The zero-order valence-electron chi connectivity index (χ0n) is 15.2. The van der Waals surface area contributed by atoms with Crippen molar-refractivity contribution >= 4 is 29.5 Å². The van der Waals surface area contributed by atoms with E-state index in [-0.39, 0.29) is 23.8 Å². The highest BCUT2D eigenvalue weighted by Gasteiger charge is 2.35. The maximum absolute atomic E-state index is 13.0. The molecule has 2 heterocycles. The normalized spacial score (nSPS) is 21.3. The molecule has 1 aliphatic rings. The molecule has 0 bridgehead atoms. The van der Waals surface area contributed by atoms with Crippen molar-refractivity contribution in [3.05, 3.63) is 59.8 Å². The Morgan fingerprint density at radius 2 is 2.00 bits per heavy atom. The van der Waals surface area contributed by atoms with Crippen molar-refractivity contribution in [2.24, 2.45) is 5.73 Å². The smallest absolute Gasteiger partial charge is 0.252 e. The number of nitrogens with one attached hydrogen (secondary N) is 4. The second kappa shape index (κ2) is 9.54. The van der Waals surface area contributed by atoms with Crippen LogP contribution in [0.1, 0.15) is 16.1 Å². The van der Waals surface area contributed by atoms with Crippen molar-refractivity contribution in [1.82, 2.24) is 21.3 Å². The monoisotopic (exact) mass is 421 g/mol. The van der Waals surface area contributed by atoms with Gasteiger partial charge in [-0.15, -0.1) is 11.8 Å². The van der Waals surface area contributed by atoms with Gasteiger partial charge in [-0.3, -0.25) is 19.7 Å². The maximum atomic E-state index is 13.0. The van der Waals surface area contributed by atoms with Crippen LogP contribution in [0.3, 0.4) is 0 Å². The summed E-state index contributed by atoms with van der Waals surface area (Å²) in [5.41, 5.74) is 5.58. The van der Waals surface area contributed by atoms with Crippen LogP contribution >= 0.6 is 11.8 Å². The predicted octanol–water partition coefficient (Wildman–Crippen LogP) is -0.145. The molecule has 3 amide bonds. The van der Waals surface area contributed by atoms with Gasteiger partial charge in [0.25, 0.3) is 5.91 Å². The van der Waals surface area contributed by atoms with Crippen LogP contribution in [0.15, 0.2) is 47.1 Å². The molecule has 2 aromatic rings. The fraction of sp³-hybridized carbons (Fsp3) is 0.278. The zero-order chi connectivity index (χ0) is 20.8. The molecule has 1 fully saturated rings. The van der Waals surface area contributed by atoms with Gasteiger partial charge in [-0.1, -0.05) is 0 Å². The van der Waals surface area contributed by atoms with Crippen molar-refractivity contribution < 1.29 is 23.2 Å². The summed E-state index contributed by atoms with van der Waals surface area (Å²) in [6, 6.07) is 7.38. The number of nitrogens with two attached hydrogens (primary N) is 1. The molecule has 11 heteroatoms. The summed E-state index contributed by atoms with van der Waals surface area (Å²) in [7, 11) is 0. The van der Waals surface area contributed by atoms with Crippen LogP contribution in [0, 0.1) is 5.82 Å². The summed E-state index contributed by atoms with van der Waals surface area (Å²) >= 11 is 1.15. The highest BCUT2D eigenvalue weighted by molar-refractivity contribution is 8.00. The van der Waals surface area contributed by atoms with E-state index in [1.165, 1.54) is 18.4 Å². The number of thioether (sulfide) groups is 1. The van der Waals surface area contributed by atoms with Gasteiger partial charge in [-0.05, 0) is 36.4 Å². The lowest BCUT2D eigenvalue weighted by Crippen LogP contribution is -2.70. The lowest BCUT2D eigenvalue weighted by Gasteiger charge is -2.35. The minimum atomic E-state index is -1.02. The molecule has 29 heavy (non-hydrogen) atoms. The standard InChI is InChI=1S/C18H20FN5O4S/c19-11-5-3-10(4-6-11)16(26)22-14-15(20)23-18(24-17(14)27)29-9-13(25)21-8-12-2-1-7-28-12/h1-7,14-15,18,23H,8-9,20H2,(H,21,25)(H,22,26)(H,24,27). The highest BCUT2D eigenvalue weighted by atomic mass is 32.2. The molecule has 6 N–H and O–H groups in total. The number of halogens is 1. The third-order valence-corrected chi connectivity index (χ3v) is 5.09. The van der Waals surface area contributed by atoms with Gasteiger partial charge in [0.05, 0.1) is 24.7 Å². The van der Waals surface area contributed by atoms with Crippen LogP contribution in [0.5, 0.6) is 0 Å². The number of hydrogen-bond acceptors (Lipinski definition) is 7. The third kappa shape index (κ3) is 5.79. The average molecular weight is 421 g/mol. The van der Waals surface area contributed by atoms with Crippen molar-refractivity contribution in [3.8, 4) is 0 Å². The Morgan fingerprint density at radius 1 is 1.24 bits per heavy atom. The Bertz CT molecular complexity index is 862. The van der Waals surface area contributed by atoms with Gasteiger partial charge in [0.2, 0.25) is 11.8 Å². The topological polar surface area (TPSA) is 138 Å². The lowest BCUT2D eigenvalue weighted by atomic mass is 10.1. The summed E-state index contributed by atoms with van der Waals surface area (Å²) in [5.74, 6) is -1.02. The molecule has 3 rings (SSSR count). The van der Waals surface area contributed by atoms with E-state index in [2.05, 4.69) is 21.3 Å². The molecule has 3 unspecified atom stereocenters. The second-order valence-corrected chi connectivity index (χ2v) is 7.30. The number of furan rings is 1. The number of carbonyl (C=O) groups is 3. The largest absolute Gasteiger partial charge is 0.467 e. The van der Waals surface area contributed by atoms with E-state index in [1.54, 1.807) is 12.1 Å². The Hall–Kier alpha value is -2.89. The summed E-state index contributed by atoms with van der Waals surface area (Å²) < 4.78 is 18.1. The quantitative estimate of drug-likeness (QED) is 0.419. The molecule has 1 aromatic heterocycles. The molecule has 9 nitrogen and oxygen atoms in total. The van der Waals surface area contributed by atoms with Crippen LogP contribution in [0.4, 0.5) is 4.39 Å². The lowest BCUT2D eigenvalue weighted by molar-refractivity contribution is -0.126. The van der Waals surface area contributed by atoms with Gasteiger partial charge in [0, 0.05) is 5.56 Å². The van der Waals surface area contributed by atoms with Crippen LogP contribution in [-0.4, -0.2) is 41.2 Å².